The summed E-state index contributed by atoms with van der Waals surface area (Å²) in [6.45, 7) is 2.06. The maximum Gasteiger partial charge on any atom is 0.305 e. The van der Waals surface area contributed by atoms with Crippen molar-refractivity contribution < 1.29 is 19.5 Å². The summed E-state index contributed by atoms with van der Waals surface area (Å²) in [5, 5.41) is 15.8. The molecule has 0 spiro atoms. The van der Waals surface area contributed by atoms with Crippen molar-refractivity contribution in [1.82, 2.24) is 10.3 Å². The number of Topliss-reactive ketones (excluding diaryl/α,β-unsaturated/α-hetero) is 1. The molecule has 1 amide bonds. The first kappa shape index (κ1) is 24.7. The van der Waals surface area contributed by atoms with E-state index in [9.17, 15) is 19.5 Å². The van der Waals surface area contributed by atoms with E-state index in [0.717, 1.165) is 24.1 Å². The molecule has 33 heavy (non-hydrogen) atoms. The van der Waals surface area contributed by atoms with Crippen LogP contribution in [0.2, 0.25) is 10.0 Å². The Morgan fingerprint density at radius 3 is 2.39 bits per heavy atom. The summed E-state index contributed by atoms with van der Waals surface area (Å²) in [4.78, 5) is 40.3. The van der Waals surface area contributed by atoms with E-state index in [0.29, 0.717) is 30.4 Å². The van der Waals surface area contributed by atoms with Gasteiger partial charge in [0.25, 0.3) is 5.91 Å². The lowest BCUT2D eigenvalue weighted by Crippen LogP contribution is -2.24. The van der Waals surface area contributed by atoms with E-state index in [1.807, 2.05) is 0 Å². The van der Waals surface area contributed by atoms with Gasteiger partial charge in [-0.1, -0.05) is 48.7 Å². The molecule has 0 radical (unpaired) electrons. The fourth-order valence-corrected chi connectivity index (χ4v) is 4.19. The number of halogens is 2. The number of nitrogens with one attached hydrogen (secondary N) is 2. The van der Waals surface area contributed by atoms with E-state index in [2.05, 4.69) is 22.5 Å². The molecule has 0 saturated heterocycles. The van der Waals surface area contributed by atoms with Crippen LogP contribution in [0.3, 0.4) is 0 Å². The van der Waals surface area contributed by atoms with Gasteiger partial charge in [-0.25, -0.2) is 0 Å². The first-order chi connectivity index (χ1) is 15.8. The number of carboxylic acids is 1. The Kier molecular flexibility index (Phi) is 8.47. The summed E-state index contributed by atoms with van der Waals surface area (Å²) in [6, 6.07) is 6.09. The first-order valence-corrected chi connectivity index (χ1v) is 11.5. The van der Waals surface area contributed by atoms with E-state index < -0.39 is 17.9 Å². The van der Waals surface area contributed by atoms with Gasteiger partial charge in [0.15, 0.2) is 5.78 Å². The first-order valence-electron chi connectivity index (χ1n) is 10.7. The Morgan fingerprint density at radius 2 is 1.79 bits per heavy atom. The summed E-state index contributed by atoms with van der Waals surface area (Å²) < 4.78 is 0. The highest BCUT2D eigenvalue weighted by Crippen LogP contribution is 2.30. The number of hydrogen-bond acceptors (Lipinski definition) is 5. The molecule has 174 valence electrons. The fourth-order valence-electron chi connectivity index (χ4n) is 3.73. The Hall–Kier alpha value is -2.90. The molecule has 7 nitrogen and oxygen atoms in total. The molecule has 0 fully saturated rings. The molecule has 1 unspecified atom stereocenters. The molecular weight excluding hydrogens is 465 g/mol. The standard InChI is InChI=1S/C24H25Cl2N3O4/c1-2-3-4-16-19(9-10-21(16)30)28-20(11-22(31)32)14-5-7-15(8-6-14)24(33)29-23-17(25)12-27-13-18(23)26/h5-8,12-13,20,28H,2-4,9-11H2,1H3,(H,31,32)(H,27,29,33). The average molecular weight is 490 g/mol. The third-order valence-corrected chi connectivity index (χ3v) is 6.05. The average Bonchev–Trinajstić information content (AvgIpc) is 3.13. The zero-order valence-corrected chi connectivity index (χ0v) is 19.7. The molecule has 3 N–H and O–H groups in total. The second kappa shape index (κ2) is 11.3. The van der Waals surface area contributed by atoms with Gasteiger partial charge in [0, 0.05) is 35.6 Å². The van der Waals surface area contributed by atoms with Crippen LogP contribution >= 0.6 is 23.2 Å². The van der Waals surface area contributed by atoms with Crippen LogP contribution < -0.4 is 10.6 Å². The smallest absolute Gasteiger partial charge is 0.305 e. The minimum atomic E-state index is -0.962. The fraction of sp³-hybridized carbons (Fsp3) is 0.333. The third-order valence-electron chi connectivity index (χ3n) is 5.48. The van der Waals surface area contributed by atoms with Crippen LogP contribution in [0.25, 0.3) is 0 Å². The summed E-state index contributed by atoms with van der Waals surface area (Å²) in [6.07, 6.45) is 6.20. The molecule has 1 heterocycles. The molecule has 0 aliphatic heterocycles. The number of carbonyl (C=O) groups is 3. The molecule has 0 bridgehead atoms. The van der Waals surface area contributed by atoms with Gasteiger partial charge in [0.05, 0.1) is 28.2 Å². The second-order valence-corrected chi connectivity index (χ2v) is 8.65. The quantitative estimate of drug-likeness (QED) is 0.403. The largest absolute Gasteiger partial charge is 0.481 e. The highest BCUT2D eigenvalue weighted by atomic mass is 35.5. The number of aromatic nitrogens is 1. The highest BCUT2D eigenvalue weighted by Gasteiger charge is 2.26. The molecule has 1 aliphatic carbocycles. The molecule has 1 aromatic heterocycles. The van der Waals surface area contributed by atoms with Crippen molar-refractivity contribution in [2.75, 3.05) is 5.32 Å². The van der Waals surface area contributed by atoms with Crippen LogP contribution in [0.5, 0.6) is 0 Å². The lowest BCUT2D eigenvalue weighted by Gasteiger charge is -2.21. The van der Waals surface area contributed by atoms with Gasteiger partial charge in [-0.05, 0) is 37.0 Å². The van der Waals surface area contributed by atoms with Gasteiger partial charge in [0.2, 0.25) is 0 Å². The number of pyridine rings is 1. The van der Waals surface area contributed by atoms with Gasteiger partial charge < -0.3 is 15.7 Å². The Morgan fingerprint density at radius 1 is 1.12 bits per heavy atom. The van der Waals surface area contributed by atoms with E-state index in [1.165, 1.54) is 12.4 Å². The van der Waals surface area contributed by atoms with Gasteiger partial charge >= 0.3 is 5.97 Å². The predicted octanol–water partition coefficient (Wildman–Crippen LogP) is 5.55. The van der Waals surface area contributed by atoms with Crippen molar-refractivity contribution in [2.24, 2.45) is 0 Å². The molecule has 1 aromatic carbocycles. The topological polar surface area (TPSA) is 108 Å². The van der Waals surface area contributed by atoms with Gasteiger partial charge in [0.1, 0.15) is 0 Å². The maximum atomic E-state index is 12.6. The van der Waals surface area contributed by atoms with E-state index in [-0.39, 0.29) is 27.9 Å². The Balaban J connectivity index is 1.79. The number of nitrogens with zero attached hydrogens (tertiary/aromatic N) is 1. The number of carboxylic acid groups (broad SMARTS) is 1. The SMILES string of the molecule is CCCCC1=C(NC(CC(=O)O)c2ccc(C(=O)Nc3c(Cl)cncc3Cl)cc2)CCC1=O. The summed E-state index contributed by atoms with van der Waals surface area (Å²) in [7, 11) is 0. The van der Waals surface area contributed by atoms with Crippen molar-refractivity contribution in [2.45, 2.75) is 51.5 Å². The molecule has 2 aromatic rings. The van der Waals surface area contributed by atoms with Crippen LogP contribution in [-0.2, 0) is 9.59 Å². The zero-order valence-electron chi connectivity index (χ0n) is 18.2. The van der Waals surface area contributed by atoms with Crippen LogP contribution in [0.15, 0.2) is 47.9 Å². The second-order valence-electron chi connectivity index (χ2n) is 7.83. The summed E-state index contributed by atoms with van der Waals surface area (Å²) >= 11 is 12.1. The number of aliphatic carboxylic acids is 1. The van der Waals surface area contributed by atoms with E-state index in [1.54, 1.807) is 24.3 Å². The number of unbranched alkanes of at least 4 members (excludes halogenated alkanes) is 1. The molecule has 0 saturated carbocycles. The number of allylic oxidation sites excluding steroid dienone is 2. The number of hydrogen-bond donors (Lipinski definition) is 3. The van der Waals surface area contributed by atoms with Crippen LogP contribution in [0.1, 0.15) is 67.4 Å². The van der Waals surface area contributed by atoms with Crippen molar-refractivity contribution in [3.05, 3.63) is 69.1 Å². The number of benzene rings is 1. The number of anilines is 1. The predicted molar refractivity (Wildman–Crippen MR) is 128 cm³/mol. The third kappa shape index (κ3) is 6.33. The summed E-state index contributed by atoms with van der Waals surface area (Å²) in [5.41, 5.74) is 2.93. The van der Waals surface area contributed by atoms with Gasteiger partial charge in [-0.15, -0.1) is 0 Å². The van der Waals surface area contributed by atoms with Crippen molar-refractivity contribution in [3.63, 3.8) is 0 Å². The molecule has 3 rings (SSSR count). The van der Waals surface area contributed by atoms with Crippen LogP contribution in [-0.4, -0.2) is 27.8 Å². The monoisotopic (exact) mass is 489 g/mol. The Bertz CT molecular complexity index is 1060. The molecule has 1 aliphatic rings. The van der Waals surface area contributed by atoms with E-state index in [4.69, 9.17) is 23.2 Å². The molecule has 1 atom stereocenters. The summed E-state index contributed by atoms with van der Waals surface area (Å²) in [5.74, 6) is -1.25. The molecule has 9 heteroatoms. The van der Waals surface area contributed by atoms with Crippen molar-refractivity contribution >= 4 is 46.5 Å². The Labute approximate surface area is 202 Å². The minimum Gasteiger partial charge on any atom is -0.481 e. The maximum absolute atomic E-state index is 12.6. The van der Waals surface area contributed by atoms with E-state index >= 15 is 0 Å². The normalized spacial score (nSPS) is 14.3. The van der Waals surface area contributed by atoms with Gasteiger partial charge in [-0.2, -0.15) is 0 Å². The lowest BCUT2D eigenvalue weighted by molar-refractivity contribution is -0.137. The highest BCUT2D eigenvalue weighted by molar-refractivity contribution is 6.39. The van der Waals surface area contributed by atoms with Crippen LogP contribution in [0, 0.1) is 0 Å². The van der Waals surface area contributed by atoms with Crippen molar-refractivity contribution in [3.8, 4) is 0 Å². The lowest BCUT2D eigenvalue weighted by atomic mass is 10.0. The number of ketones is 1. The number of amides is 1. The number of rotatable bonds is 10. The van der Waals surface area contributed by atoms with Crippen LogP contribution in [0.4, 0.5) is 5.69 Å². The zero-order chi connectivity index (χ0) is 24.0. The number of carbonyl (C=O) groups excluding carboxylic acids is 2. The molecular formula is C24H25Cl2N3O4. The van der Waals surface area contributed by atoms with Crippen molar-refractivity contribution in [1.29, 1.82) is 0 Å². The van der Waals surface area contributed by atoms with Gasteiger partial charge in [-0.3, -0.25) is 19.4 Å². The minimum absolute atomic E-state index is 0.125.